The molecule has 178 valence electrons. The molecule has 2 amide bonds. The van der Waals surface area contributed by atoms with Gasteiger partial charge in [0.05, 0.1) is 16.7 Å². The number of rotatable bonds is 9. The first kappa shape index (κ1) is 24.9. The average molecular weight is 483 g/mol. The quantitative estimate of drug-likeness (QED) is 0.236. The van der Waals surface area contributed by atoms with Crippen LogP contribution in [-0.2, 0) is 4.79 Å². The van der Waals surface area contributed by atoms with Crippen LogP contribution < -0.4 is 10.6 Å². The SMILES string of the molecule is Cc1cccc(NC(=O)CSc2n[nH]c([C@H](NC(=O)c3cccc([N+](=O)[O-])c3)C(C)C)n2)c1C. The number of aromatic nitrogens is 3. The fourth-order valence-electron chi connectivity index (χ4n) is 3.20. The minimum Gasteiger partial charge on any atom is -0.342 e. The molecule has 11 heteroatoms. The number of thioether (sulfide) groups is 1. The zero-order chi connectivity index (χ0) is 24.8. The Hall–Kier alpha value is -3.73. The molecular formula is C23H26N6O4S. The number of carbonyl (C=O) groups is 2. The zero-order valence-electron chi connectivity index (χ0n) is 19.3. The lowest BCUT2D eigenvalue weighted by molar-refractivity contribution is -0.384. The van der Waals surface area contributed by atoms with E-state index in [1.807, 2.05) is 45.9 Å². The number of non-ortho nitro benzene ring substituents is 1. The van der Waals surface area contributed by atoms with E-state index in [2.05, 4.69) is 25.8 Å². The van der Waals surface area contributed by atoms with Crippen LogP contribution in [0.2, 0.25) is 0 Å². The predicted octanol–water partition coefficient (Wildman–Crippen LogP) is 4.19. The Kier molecular flexibility index (Phi) is 8.00. The van der Waals surface area contributed by atoms with Crippen molar-refractivity contribution in [2.24, 2.45) is 5.92 Å². The normalized spacial score (nSPS) is 11.8. The van der Waals surface area contributed by atoms with E-state index < -0.39 is 16.9 Å². The molecule has 0 saturated heterocycles. The van der Waals surface area contributed by atoms with Crippen molar-refractivity contribution < 1.29 is 14.5 Å². The molecule has 1 atom stereocenters. The Bertz CT molecular complexity index is 1210. The number of H-pyrrole nitrogens is 1. The predicted molar refractivity (Wildman–Crippen MR) is 130 cm³/mol. The lowest BCUT2D eigenvalue weighted by atomic mass is 10.0. The van der Waals surface area contributed by atoms with Crippen LogP contribution in [0.25, 0.3) is 0 Å². The van der Waals surface area contributed by atoms with Crippen LogP contribution >= 0.6 is 11.8 Å². The van der Waals surface area contributed by atoms with Crippen LogP contribution in [-0.4, -0.2) is 37.7 Å². The third-order valence-electron chi connectivity index (χ3n) is 5.26. The summed E-state index contributed by atoms with van der Waals surface area (Å²) in [6.45, 7) is 7.75. The Morgan fingerprint density at radius 1 is 1.18 bits per heavy atom. The summed E-state index contributed by atoms with van der Waals surface area (Å²) in [4.78, 5) is 39.9. The minimum absolute atomic E-state index is 0.0407. The van der Waals surface area contributed by atoms with Crippen molar-refractivity contribution >= 4 is 35.0 Å². The summed E-state index contributed by atoms with van der Waals surface area (Å²) in [6.07, 6.45) is 0. The zero-order valence-corrected chi connectivity index (χ0v) is 20.1. The molecule has 2 aromatic carbocycles. The second-order valence-electron chi connectivity index (χ2n) is 8.09. The van der Waals surface area contributed by atoms with Gasteiger partial charge in [-0.15, -0.1) is 5.10 Å². The fraction of sp³-hybridized carbons (Fsp3) is 0.304. The first-order valence-corrected chi connectivity index (χ1v) is 11.6. The molecular weight excluding hydrogens is 456 g/mol. The van der Waals surface area contributed by atoms with Gasteiger partial charge in [-0.25, -0.2) is 4.98 Å². The van der Waals surface area contributed by atoms with Gasteiger partial charge in [0.2, 0.25) is 11.1 Å². The summed E-state index contributed by atoms with van der Waals surface area (Å²) in [5.41, 5.74) is 2.89. The number of anilines is 1. The third-order valence-corrected chi connectivity index (χ3v) is 6.11. The Balaban J connectivity index is 1.63. The van der Waals surface area contributed by atoms with Gasteiger partial charge in [-0.1, -0.05) is 43.8 Å². The monoisotopic (exact) mass is 482 g/mol. The van der Waals surface area contributed by atoms with E-state index >= 15 is 0 Å². The summed E-state index contributed by atoms with van der Waals surface area (Å²) >= 11 is 1.18. The Labute approximate surface area is 201 Å². The number of nitrogens with one attached hydrogen (secondary N) is 3. The highest BCUT2D eigenvalue weighted by atomic mass is 32.2. The van der Waals surface area contributed by atoms with Gasteiger partial charge in [0.1, 0.15) is 5.82 Å². The maximum absolute atomic E-state index is 12.7. The topological polar surface area (TPSA) is 143 Å². The number of nitrogens with zero attached hydrogens (tertiary/aromatic N) is 3. The van der Waals surface area contributed by atoms with Gasteiger partial charge in [-0.05, 0) is 43.0 Å². The second-order valence-corrected chi connectivity index (χ2v) is 9.03. The first-order chi connectivity index (χ1) is 16.2. The van der Waals surface area contributed by atoms with Crippen molar-refractivity contribution in [2.45, 2.75) is 38.9 Å². The Morgan fingerprint density at radius 3 is 2.62 bits per heavy atom. The molecule has 1 aromatic heterocycles. The van der Waals surface area contributed by atoms with Gasteiger partial charge < -0.3 is 10.6 Å². The third kappa shape index (κ3) is 6.19. The van der Waals surface area contributed by atoms with Crippen molar-refractivity contribution in [3.05, 3.63) is 75.1 Å². The average Bonchev–Trinajstić information content (AvgIpc) is 3.27. The van der Waals surface area contributed by atoms with Crippen molar-refractivity contribution in [3.63, 3.8) is 0 Å². The van der Waals surface area contributed by atoms with E-state index in [4.69, 9.17) is 0 Å². The second kappa shape index (κ2) is 10.9. The van der Waals surface area contributed by atoms with Gasteiger partial charge in [0.15, 0.2) is 0 Å². The van der Waals surface area contributed by atoms with Gasteiger partial charge >= 0.3 is 0 Å². The smallest absolute Gasteiger partial charge is 0.270 e. The van der Waals surface area contributed by atoms with E-state index in [9.17, 15) is 19.7 Å². The molecule has 0 spiro atoms. The molecule has 0 fully saturated rings. The van der Waals surface area contributed by atoms with Crippen molar-refractivity contribution in [2.75, 3.05) is 11.1 Å². The van der Waals surface area contributed by atoms with Gasteiger partial charge in [0, 0.05) is 23.4 Å². The molecule has 1 heterocycles. The molecule has 34 heavy (non-hydrogen) atoms. The van der Waals surface area contributed by atoms with Gasteiger partial charge in [0.25, 0.3) is 11.6 Å². The lowest BCUT2D eigenvalue weighted by Gasteiger charge is -2.19. The van der Waals surface area contributed by atoms with E-state index in [-0.39, 0.29) is 28.8 Å². The molecule has 0 aliphatic carbocycles. The van der Waals surface area contributed by atoms with Gasteiger partial charge in [-0.2, -0.15) is 0 Å². The first-order valence-electron chi connectivity index (χ1n) is 10.6. The summed E-state index contributed by atoms with van der Waals surface area (Å²) in [7, 11) is 0. The number of carbonyl (C=O) groups excluding carboxylic acids is 2. The minimum atomic E-state index is -0.549. The highest BCUT2D eigenvalue weighted by molar-refractivity contribution is 7.99. The number of hydrogen-bond acceptors (Lipinski definition) is 7. The van der Waals surface area contributed by atoms with E-state index in [1.54, 1.807) is 0 Å². The van der Waals surface area contributed by atoms with Crippen molar-refractivity contribution in [3.8, 4) is 0 Å². The van der Waals surface area contributed by atoms with E-state index in [0.29, 0.717) is 11.0 Å². The molecule has 3 N–H and O–H groups in total. The summed E-state index contributed by atoms with van der Waals surface area (Å²) < 4.78 is 0. The van der Waals surface area contributed by atoms with Crippen LogP contribution in [0.15, 0.2) is 47.6 Å². The van der Waals surface area contributed by atoms with Crippen LogP contribution in [0.4, 0.5) is 11.4 Å². The molecule has 0 unspecified atom stereocenters. The summed E-state index contributed by atoms with van der Waals surface area (Å²) in [5, 5.41) is 24.1. The number of nitro groups is 1. The Morgan fingerprint density at radius 2 is 1.91 bits per heavy atom. The fourth-order valence-corrected chi connectivity index (χ4v) is 3.81. The van der Waals surface area contributed by atoms with Crippen molar-refractivity contribution in [1.82, 2.24) is 20.5 Å². The summed E-state index contributed by atoms with van der Waals surface area (Å²) in [6, 6.07) is 10.7. The largest absolute Gasteiger partial charge is 0.342 e. The van der Waals surface area contributed by atoms with Crippen molar-refractivity contribution in [1.29, 1.82) is 0 Å². The van der Waals surface area contributed by atoms with Crippen LogP contribution in [0, 0.1) is 29.9 Å². The molecule has 10 nitrogen and oxygen atoms in total. The highest BCUT2D eigenvalue weighted by Gasteiger charge is 2.24. The number of aryl methyl sites for hydroxylation is 1. The van der Waals surface area contributed by atoms with E-state index in [0.717, 1.165) is 16.8 Å². The molecule has 3 rings (SSSR count). The van der Waals surface area contributed by atoms with Crippen LogP contribution in [0.1, 0.15) is 47.2 Å². The standard InChI is InChI=1S/C23H26N6O4S/c1-13(2)20(25-22(31)16-8-6-9-17(11-16)29(32)33)21-26-23(28-27-21)34-12-19(30)24-18-10-5-7-14(3)15(18)4/h5-11,13,20H,12H2,1-4H3,(H,24,30)(H,25,31)(H,26,27,28)/t20-/m1/s1. The molecule has 0 aliphatic rings. The lowest BCUT2D eigenvalue weighted by Crippen LogP contribution is -2.32. The number of nitro benzene ring substituents is 1. The maximum atomic E-state index is 12.7. The molecule has 0 radical (unpaired) electrons. The molecule has 0 saturated carbocycles. The number of aromatic amines is 1. The number of hydrogen-bond donors (Lipinski definition) is 3. The summed E-state index contributed by atoms with van der Waals surface area (Å²) in [5.74, 6) is -0.116. The molecule has 0 bridgehead atoms. The highest BCUT2D eigenvalue weighted by Crippen LogP contribution is 2.23. The number of benzene rings is 2. The van der Waals surface area contributed by atoms with Crippen LogP contribution in [0.3, 0.4) is 0 Å². The maximum Gasteiger partial charge on any atom is 0.270 e. The van der Waals surface area contributed by atoms with Gasteiger partial charge in [-0.3, -0.25) is 24.8 Å². The molecule has 0 aliphatic heterocycles. The van der Waals surface area contributed by atoms with Crippen LogP contribution in [0.5, 0.6) is 0 Å². The molecule has 3 aromatic rings. The number of amides is 2. The van der Waals surface area contributed by atoms with E-state index in [1.165, 1.54) is 36.0 Å².